The third-order valence-electron chi connectivity index (χ3n) is 0. The summed E-state index contributed by atoms with van der Waals surface area (Å²) < 4.78 is 0. The van der Waals surface area contributed by atoms with E-state index in [4.69, 9.17) is 9.90 Å². The van der Waals surface area contributed by atoms with Crippen molar-refractivity contribution in [3.8, 4) is 0 Å². The molecule has 0 unspecified atom stereocenters. The summed E-state index contributed by atoms with van der Waals surface area (Å²) in [4.78, 5) is 8.89. The van der Waals surface area contributed by atoms with Crippen LogP contribution in [0.5, 0.6) is 0 Å². The zero-order valence-electron chi connectivity index (χ0n) is 4.69. The molecule has 0 aromatic rings. The van der Waals surface area contributed by atoms with E-state index in [0.717, 1.165) is 6.92 Å². The van der Waals surface area contributed by atoms with Gasteiger partial charge in [-0.3, -0.25) is 0 Å². The molecule has 9 heavy (non-hydrogen) atoms. The molecular formula is C2H11EuO6+. The summed E-state index contributed by atoms with van der Waals surface area (Å²) in [6.45, 7) is 0.972. The van der Waals surface area contributed by atoms with Gasteiger partial charge in [0.25, 0.3) is 0 Å². The molecule has 0 saturated heterocycles. The van der Waals surface area contributed by atoms with Gasteiger partial charge in [0.15, 0.2) is 0 Å². The number of hydrogen-bond donors (Lipinski definition) is 0. The molecular weight excluding hydrogens is 272 g/mol. The molecule has 0 bridgehead atoms. The molecule has 7 heteroatoms. The maximum Gasteiger partial charge on any atom is 2.00 e. The van der Waals surface area contributed by atoms with Crippen LogP contribution in [0.4, 0.5) is 0 Å². The van der Waals surface area contributed by atoms with Gasteiger partial charge in [-0.15, -0.1) is 0 Å². The van der Waals surface area contributed by atoms with E-state index in [0.29, 0.717) is 0 Å². The van der Waals surface area contributed by atoms with Gasteiger partial charge in [-0.05, 0) is 6.92 Å². The van der Waals surface area contributed by atoms with Crippen LogP contribution < -0.4 is 5.11 Å². The average Bonchev–Trinajstić information content (AvgIpc) is 0.811. The molecule has 0 saturated carbocycles. The molecule has 0 heterocycles. The number of carbonyl (C=O) groups excluding carboxylic acids is 1. The van der Waals surface area contributed by atoms with E-state index in [1.165, 1.54) is 0 Å². The maximum atomic E-state index is 8.89. The Bertz CT molecular complexity index is 34.0. The Morgan fingerprint density at radius 3 is 1.11 bits per heavy atom. The van der Waals surface area contributed by atoms with Crippen molar-refractivity contribution < 1.29 is 81.2 Å². The fraction of sp³-hybridized carbons (Fsp3) is 0.500. The first kappa shape index (κ1) is 51.6. The van der Waals surface area contributed by atoms with Gasteiger partial charge in [-0.25, -0.2) is 0 Å². The molecule has 0 aromatic heterocycles. The van der Waals surface area contributed by atoms with Crippen LogP contribution in [0.25, 0.3) is 0 Å². The average molecular weight is 283 g/mol. The Kier molecular flexibility index (Phi) is 210. The number of carboxylic acids is 1. The van der Waals surface area contributed by atoms with E-state index >= 15 is 0 Å². The molecule has 6 nitrogen and oxygen atoms in total. The van der Waals surface area contributed by atoms with Crippen LogP contribution in [0.3, 0.4) is 0 Å². The summed E-state index contributed by atoms with van der Waals surface area (Å²) in [5.41, 5.74) is 0. The molecule has 0 spiro atoms. The van der Waals surface area contributed by atoms with Crippen molar-refractivity contribution in [2.75, 3.05) is 0 Å². The second-order valence-corrected chi connectivity index (χ2v) is 0.492. The Morgan fingerprint density at radius 1 is 1.11 bits per heavy atom. The summed E-state index contributed by atoms with van der Waals surface area (Å²) in [6, 6.07) is 0. The topological polar surface area (TPSA) is 166 Å². The van der Waals surface area contributed by atoms with Crippen LogP contribution >= 0.6 is 0 Å². The Morgan fingerprint density at radius 2 is 1.11 bits per heavy atom. The molecule has 8 N–H and O–H groups in total. The van der Waals surface area contributed by atoms with Gasteiger partial charge in [-0.2, -0.15) is 0 Å². The quantitative estimate of drug-likeness (QED) is 0.437. The molecule has 61 valence electrons. The van der Waals surface area contributed by atoms with Crippen molar-refractivity contribution in [2.24, 2.45) is 0 Å². The van der Waals surface area contributed by atoms with Crippen molar-refractivity contribution in [1.82, 2.24) is 0 Å². The number of hydrogen-bond acceptors (Lipinski definition) is 2. The van der Waals surface area contributed by atoms with E-state index in [-0.39, 0.29) is 71.3 Å². The number of rotatable bonds is 0. The molecule has 0 aliphatic heterocycles. The zero-order chi connectivity index (χ0) is 3.58. The first-order valence-corrected chi connectivity index (χ1v) is 0.908. The summed E-state index contributed by atoms with van der Waals surface area (Å²) >= 11 is 0. The number of carbonyl (C=O) groups is 1. The van der Waals surface area contributed by atoms with Crippen LogP contribution in [-0.4, -0.2) is 27.9 Å². The van der Waals surface area contributed by atoms with E-state index in [1.807, 2.05) is 0 Å². The summed E-state index contributed by atoms with van der Waals surface area (Å²) in [5, 5.41) is 8.89. The van der Waals surface area contributed by atoms with E-state index in [1.54, 1.807) is 0 Å². The second-order valence-electron chi connectivity index (χ2n) is 0.492. The SMILES string of the molecule is CC(=O)[O-].O.O.O.O.[Eu+2]. The minimum absolute atomic E-state index is 0. The minimum Gasteiger partial charge on any atom is -0.550 e. The number of carboxylic acid groups (broad SMARTS) is 1. The normalized spacial score (nSPS) is 2.78. The smallest absolute Gasteiger partial charge is 0.550 e. The Hall–Kier alpha value is 0.894. The fourth-order valence-corrected chi connectivity index (χ4v) is 0. The molecule has 0 aliphatic carbocycles. The third-order valence-corrected chi connectivity index (χ3v) is 0. The molecule has 0 rings (SSSR count). The van der Waals surface area contributed by atoms with Crippen LogP contribution in [0.2, 0.25) is 0 Å². The summed E-state index contributed by atoms with van der Waals surface area (Å²) in [5.74, 6) is -1.08. The Balaban J connectivity index is -0.00000000450. The van der Waals surface area contributed by atoms with Gasteiger partial charge in [0.05, 0.1) is 0 Å². The van der Waals surface area contributed by atoms with E-state index in [9.17, 15) is 0 Å². The summed E-state index contributed by atoms with van der Waals surface area (Å²) in [6.07, 6.45) is 0. The molecule has 0 amide bonds. The van der Waals surface area contributed by atoms with Gasteiger partial charge < -0.3 is 31.8 Å². The van der Waals surface area contributed by atoms with Crippen LogP contribution in [0, 0.1) is 49.4 Å². The van der Waals surface area contributed by atoms with E-state index < -0.39 is 5.97 Å². The minimum atomic E-state index is -1.08. The van der Waals surface area contributed by atoms with Crippen molar-refractivity contribution in [2.45, 2.75) is 6.92 Å². The maximum absolute atomic E-state index is 8.89. The molecule has 1 radical (unpaired) electrons. The molecule has 0 atom stereocenters. The van der Waals surface area contributed by atoms with Crippen molar-refractivity contribution in [3.05, 3.63) is 0 Å². The standard InChI is InChI=1S/C2H4O2.Eu.4H2O/c1-2(3)4;;;;;/h1H3,(H,3,4);;4*1H2/q;+2;;;;/p-1. The summed E-state index contributed by atoms with van der Waals surface area (Å²) in [7, 11) is 0. The van der Waals surface area contributed by atoms with Crippen LogP contribution in [-0.2, 0) is 4.79 Å². The van der Waals surface area contributed by atoms with Crippen molar-refractivity contribution >= 4 is 5.97 Å². The molecule has 0 aromatic carbocycles. The van der Waals surface area contributed by atoms with E-state index in [2.05, 4.69) is 0 Å². The van der Waals surface area contributed by atoms with Gasteiger partial charge in [0, 0.05) is 5.97 Å². The van der Waals surface area contributed by atoms with Gasteiger partial charge in [-0.1, -0.05) is 0 Å². The predicted octanol–water partition coefficient (Wildman–Crippen LogP) is -4.54. The van der Waals surface area contributed by atoms with Crippen LogP contribution in [0.1, 0.15) is 6.92 Å². The fourth-order valence-electron chi connectivity index (χ4n) is 0. The predicted molar refractivity (Wildman–Crippen MR) is 25.1 cm³/mol. The molecule has 0 fully saturated rings. The number of aliphatic carboxylic acids is 1. The van der Waals surface area contributed by atoms with Gasteiger partial charge >= 0.3 is 49.4 Å². The van der Waals surface area contributed by atoms with Crippen molar-refractivity contribution in [1.29, 1.82) is 0 Å². The Labute approximate surface area is 93.0 Å². The monoisotopic (exact) mass is 284 g/mol. The second kappa shape index (κ2) is 36.5. The third kappa shape index (κ3) is 528. The van der Waals surface area contributed by atoms with Crippen molar-refractivity contribution in [3.63, 3.8) is 0 Å². The van der Waals surface area contributed by atoms with Crippen LogP contribution in [0.15, 0.2) is 0 Å². The first-order chi connectivity index (χ1) is 1.73. The van der Waals surface area contributed by atoms with Gasteiger partial charge in [0.2, 0.25) is 0 Å². The van der Waals surface area contributed by atoms with Gasteiger partial charge in [0.1, 0.15) is 0 Å². The largest absolute Gasteiger partial charge is 2.00 e. The zero-order valence-corrected chi connectivity index (χ0v) is 7.12. The molecule has 0 aliphatic rings. The first-order valence-electron chi connectivity index (χ1n) is 0.908.